The third kappa shape index (κ3) is 9.90. The van der Waals surface area contributed by atoms with Crippen LogP contribution < -0.4 is 0 Å². The predicted octanol–water partition coefficient (Wildman–Crippen LogP) is 3.77. The van der Waals surface area contributed by atoms with E-state index in [9.17, 15) is 0 Å². The van der Waals surface area contributed by atoms with E-state index in [0.717, 1.165) is 10.6 Å². The molecule has 0 heterocycles. The van der Waals surface area contributed by atoms with Crippen LogP contribution in [0.3, 0.4) is 0 Å². The molecule has 0 saturated carbocycles. The summed E-state index contributed by atoms with van der Waals surface area (Å²) < 4.78 is 5.68. The maximum atomic E-state index is 6.12. The van der Waals surface area contributed by atoms with Crippen molar-refractivity contribution >= 4 is 47.2 Å². The van der Waals surface area contributed by atoms with Crippen molar-refractivity contribution in [2.75, 3.05) is 0 Å². The SMILES string of the molecule is CC(C)[CH2][Al]([Cl])[O][Al]([Cl])[CH2]C(C)C. The average Bonchev–Trinajstić information content (AvgIpc) is 1.80. The zero-order chi connectivity index (χ0) is 10.4. The summed E-state index contributed by atoms with van der Waals surface area (Å²) in [5.41, 5.74) is 0. The van der Waals surface area contributed by atoms with Crippen LogP contribution in [0, 0.1) is 11.8 Å². The molecular formula is C8H18Al2Cl2O. The summed E-state index contributed by atoms with van der Waals surface area (Å²) in [6, 6.07) is 0. The third-order valence-corrected chi connectivity index (χ3v) is 9.52. The highest BCUT2D eigenvalue weighted by Crippen LogP contribution is 2.16. The molecule has 0 aromatic heterocycles. The zero-order valence-electron chi connectivity index (χ0n) is 8.89. The summed E-state index contributed by atoms with van der Waals surface area (Å²) in [5, 5.41) is 2.05. The molecule has 0 aromatic carbocycles. The molecule has 0 fully saturated rings. The van der Waals surface area contributed by atoms with E-state index in [0.29, 0.717) is 11.8 Å². The second-order valence-corrected chi connectivity index (χ2v) is 10.8. The molecule has 0 amide bonds. The Bertz CT molecular complexity index is 119. The van der Waals surface area contributed by atoms with E-state index in [-0.39, 0.29) is 0 Å². The standard InChI is InChI=1S/2C4H9.2Al.2ClH.O/c2*1-4(2)3;;;;;/h2*4H,1H2,2-3H3;;;2*1H;/q;;2*+1;;;/p-2. The van der Waals surface area contributed by atoms with Gasteiger partial charge in [-0.15, -0.1) is 0 Å². The average molecular weight is 255 g/mol. The highest BCUT2D eigenvalue weighted by atomic mass is 35.6. The third-order valence-electron chi connectivity index (χ3n) is 1.61. The Labute approximate surface area is 99.6 Å². The van der Waals surface area contributed by atoms with E-state index < -0.39 is 27.1 Å². The van der Waals surface area contributed by atoms with Crippen molar-refractivity contribution in [2.45, 2.75) is 38.3 Å². The fourth-order valence-corrected chi connectivity index (χ4v) is 9.51. The molecule has 76 valence electrons. The van der Waals surface area contributed by atoms with Gasteiger partial charge in [0, 0.05) is 0 Å². The van der Waals surface area contributed by atoms with Gasteiger partial charge in [0.05, 0.1) is 0 Å². The van der Waals surface area contributed by atoms with Crippen molar-refractivity contribution in [3.8, 4) is 0 Å². The summed E-state index contributed by atoms with van der Waals surface area (Å²) in [4.78, 5) is 0. The highest BCUT2D eigenvalue weighted by molar-refractivity contribution is 7.12. The minimum absolute atomic E-state index is 0.631. The molecule has 0 aromatic rings. The molecule has 0 atom stereocenters. The van der Waals surface area contributed by atoms with Crippen LogP contribution >= 0.6 is 20.1 Å². The molecule has 0 aliphatic carbocycles. The van der Waals surface area contributed by atoms with E-state index in [1.54, 1.807) is 0 Å². The van der Waals surface area contributed by atoms with Gasteiger partial charge in [0.25, 0.3) is 0 Å². The number of hydrogen-bond donors (Lipinski definition) is 0. The molecule has 0 unspecified atom stereocenters. The maximum absolute atomic E-state index is 6.12. The first-order valence-corrected chi connectivity index (χ1v) is 10.9. The molecular weight excluding hydrogens is 237 g/mol. The van der Waals surface area contributed by atoms with E-state index >= 15 is 0 Å². The van der Waals surface area contributed by atoms with Crippen molar-refractivity contribution in [3.05, 3.63) is 0 Å². The molecule has 5 heteroatoms. The Morgan fingerprint density at radius 2 is 1.23 bits per heavy atom. The lowest BCUT2D eigenvalue weighted by Crippen LogP contribution is -2.23. The van der Waals surface area contributed by atoms with Gasteiger partial charge in [-0.25, -0.2) is 20.1 Å². The fourth-order valence-electron chi connectivity index (χ4n) is 1.01. The Kier molecular flexibility index (Phi) is 8.81. The van der Waals surface area contributed by atoms with Crippen molar-refractivity contribution in [1.82, 2.24) is 0 Å². The van der Waals surface area contributed by atoms with Gasteiger partial charge in [-0.3, -0.25) is 0 Å². The smallest absolute Gasteiger partial charge is 0.562 e. The van der Waals surface area contributed by atoms with Crippen LogP contribution in [0.4, 0.5) is 0 Å². The topological polar surface area (TPSA) is 9.23 Å². The first kappa shape index (κ1) is 14.6. The van der Waals surface area contributed by atoms with Crippen LogP contribution in [0.1, 0.15) is 27.7 Å². The van der Waals surface area contributed by atoms with Crippen LogP contribution in [-0.4, -0.2) is 27.1 Å². The Hall–Kier alpha value is 1.60. The van der Waals surface area contributed by atoms with Crippen LogP contribution in [-0.2, 0) is 2.84 Å². The summed E-state index contributed by atoms with van der Waals surface area (Å²) in [6.45, 7) is 8.66. The van der Waals surface area contributed by atoms with Gasteiger partial charge < -0.3 is 2.84 Å². The van der Waals surface area contributed by atoms with Crippen molar-refractivity contribution in [1.29, 1.82) is 0 Å². The maximum Gasteiger partial charge on any atom is 0.562 e. The van der Waals surface area contributed by atoms with Gasteiger partial charge in [-0.05, 0) is 0 Å². The second-order valence-electron chi connectivity index (χ2n) is 4.22. The molecule has 0 radical (unpaired) electrons. The Morgan fingerprint density at radius 3 is 1.46 bits per heavy atom. The minimum atomic E-state index is -1.47. The lowest BCUT2D eigenvalue weighted by Gasteiger charge is -2.13. The lowest BCUT2D eigenvalue weighted by molar-refractivity contribution is 0.573. The van der Waals surface area contributed by atoms with Crippen molar-refractivity contribution in [2.24, 2.45) is 11.8 Å². The van der Waals surface area contributed by atoms with Crippen LogP contribution in [0.2, 0.25) is 10.6 Å². The molecule has 1 nitrogen and oxygen atoms in total. The highest BCUT2D eigenvalue weighted by Gasteiger charge is 2.28. The van der Waals surface area contributed by atoms with E-state index in [2.05, 4.69) is 27.7 Å². The summed E-state index contributed by atoms with van der Waals surface area (Å²) in [7, 11) is 12.2. The number of halogens is 2. The fraction of sp³-hybridized carbons (Fsp3) is 1.00. The first-order chi connectivity index (χ1) is 5.91. The van der Waals surface area contributed by atoms with Gasteiger partial charge >= 0.3 is 27.1 Å². The van der Waals surface area contributed by atoms with Crippen molar-refractivity contribution in [3.63, 3.8) is 0 Å². The predicted molar refractivity (Wildman–Crippen MR) is 63.6 cm³/mol. The van der Waals surface area contributed by atoms with E-state index in [1.807, 2.05) is 0 Å². The quantitative estimate of drug-likeness (QED) is 0.656. The zero-order valence-corrected chi connectivity index (χ0v) is 12.7. The molecule has 0 spiro atoms. The van der Waals surface area contributed by atoms with Gasteiger partial charge in [-0.2, -0.15) is 0 Å². The van der Waals surface area contributed by atoms with Gasteiger partial charge in [0.15, 0.2) is 0 Å². The van der Waals surface area contributed by atoms with Gasteiger partial charge in [0.2, 0.25) is 0 Å². The van der Waals surface area contributed by atoms with Crippen molar-refractivity contribution < 1.29 is 2.84 Å². The second kappa shape index (κ2) is 7.84. The molecule has 13 heavy (non-hydrogen) atoms. The molecule has 0 aliphatic rings. The molecule has 0 bridgehead atoms. The molecule has 0 N–H and O–H groups in total. The Balaban J connectivity index is 3.58. The minimum Gasteiger partial charge on any atom is -0.613 e. The monoisotopic (exact) mass is 254 g/mol. The first-order valence-electron chi connectivity index (χ1n) is 4.85. The summed E-state index contributed by atoms with van der Waals surface area (Å²) >= 11 is -2.95. The van der Waals surface area contributed by atoms with E-state index in [4.69, 9.17) is 22.9 Å². The number of rotatable bonds is 6. The van der Waals surface area contributed by atoms with Crippen LogP contribution in [0.5, 0.6) is 0 Å². The van der Waals surface area contributed by atoms with Gasteiger partial charge in [-0.1, -0.05) is 50.1 Å². The molecule has 0 aliphatic heterocycles. The molecule has 0 saturated heterocycles. The normalized spacial score (nSPS) is 11.1. The number of hydrogen-bond acceptors (Lipinski definition) is 1. The molecule has 0 rings (SSSR count). The van der Waals surface area contributed by atoms with Crippen LogP contribution in [0.15, 0.2) is 0 Å². The lowest BCUT2D eigenvalue weighted by atomic mass is 10.3. The van der Waals surface area contributed by atoms with E-state index in [1.165, 1.54) is 0 Å². The van der Waals surface area contributed by atoms with Gasteiger partial charge in [0.1, 0.15) is 0 Å². The Morgan fingerprint density at radius 1 is 0.923 bits per heavy atom. The summed E-state index contributed by atoms with van der Waals surface area (Å²) in [5.74, 6) is 1.26. The van der Waals surface area contributed by atoms with Crippen LogP contribution in [0.25, 0.3) is 0 Å². The summed E-state index contributed by atoms with van der Waals surface area (Å²) in [6.07, 6.45) is 0. The largest absolute Gasteiger partial charge is 0.613 e.